The number of carbonyl (C=O) groups excluding carboxylic acids is 1. The molecule has 4 aromatic rings. The first-order valence-electron chi connectivity index (χ1n) is 9.80. The lowest BCUT2D eigenvalue weighted by molar-refractivity contribution is 0.102. The van der Waals surface area contributed by atoms with Crippen molar-refractivity contribution in [1.29, 1.82) is 0 Å². The van der Waals surface area contributed by atoms with Crippen LogP contribution >= 0.6 is 0 Å². The summed E-state index contributed by atoms with van der Waals surface area (Å²) in [5, 5.41) is 5.93. The zero-order valence-corrected chi connectivity index (χ0v) is 16.7. The third kappa shape index (κ3) is 4.20. The zero-order chi connectivity index (χ0) is 21.9. The number of halogens is 1. The molecule has 0 radical (unpaired) electrons. The number of amides is 1. The third-order valence-electron chi connectivity index (χ3n) is 4.84. The van der Waals surface area contributed by atoms with Crippen molar-refractivity contribution in [1.82, 2.24) is 9.97 Å². The Balaban J connectivity index is 1.27. The molecular weight excluding hydrogens is 411 g/mol. The van der Waals surface area contributed by atoms with Crippen LogP contribution in [0.4, 0.5) is 21.7 Å². The van der Waals surface area contributed by atoms with Crippen molar-refractivity contribution in [2.45, 2.75) is 0 Å². The Kier molecular flexibility index (Phi) is 5.09. The second-order valence-electron chi connectivity index (χ2n) is 7.03. The van der Waals surface area contributed by atoms with E-state index in [2.05, 4.69) is 20.6 Å². The molecule has 3 aromatic carbocycles. The Bertz CT molecular complexity index is 1280. The second-order valence-corrected chi connectivity index (χ2v) is 7.03. The fraction of sp³-hybridized carbons (Fsp3) is 0.0417. The van der Waals surface area contributed by atoms with E-state index < -0.39 is 0 Å². The molecule has 0 bridgehead atoms. The molecule has 2 heterocycles. The molecule has 1 aromatic heterocycles. The summed E-state index contributed by atoms with van der Waals surface area (Å²) in [6, 6.07) is 18.4. The molecule has 0 saturated heterocycles. The molecule has 1 aliphatic heterocycles. The van der Waals surface area contributed by atoms with Crippen LogP contribution < -0.4 is 20.1 Å². The molecule has 0 atom stereocenters. The predicted molar refractivity (Wildman–Crippen MR) is 118 cm³/mol. The minimum Gasteiger partial charge on any atom is -0.454 e. The van der Waals surface area contributed by atoms with Gasteiger partial charge in [-0.05, 0) is 48.0 Å². The van der Waals surface area contributed by atoms with Crippen LogP contribution in [0.25, 0.3) is 11.1 Å². The van der Waals surface area contributed by atoms with Crippen LogP contribution in [0.2, 0.25) is 0 Å². The number of hydrogen-bond donors (Lipinski definition) is 2. The summed E-state index contributed by atoms with van der Waals surface area (Å²) in [5.41, 5.74) is 3.33. The molecule has 7 nitrogen and oxygen atoms in total. The highest BCUT2D eigenvalue weighted by atomic mass is 19.1. The minimum absolute atomic E-state index is 0.174. The van der Waals surface area contributed by atoms with E-state index in [1.54, 1.807) is 60.9 Å². The Morgan fingerprint density at radius 1 is 0.844 bits per heavy atom. The van der Waals surface area contributed by atoms with E-state index in [0.29, 0.717) is 34.4 Å². The zero-order valence-electron chi connectivity index (χ0n) is 16.7. The molecular formula is C24H17FN4O3. The van der Waals surface area contributed by atoms with Gasteiger partial charge in [0.05, 0.1) is 0 Å². The molecule has 32 heavy (non-hydrogen) atoms. The molecule has 0 unspecified atom stereocenters. The van der Waals surface area contributed by atoms with E-state index in [-0.39, 0.29) is 18.5 Å². The normalized spacial score (nSPS) is 11.8. The van der Waals surface area contributed by atoms with Crippen LogP contribution in [-0.4, -0.2) is 22.7 Å². The van der Waals surface area contributed by atoms with Crippen molar-refractivity contribution in [2.75, 3.05) is 17.4 Å². The van der Waals surface area contributed by atoms with Gasteiger partial charge < -0.3 is 20.1 Å². The summed E-state index contributed by atoms with van der Waals surface area (Å²) in [4.78, 5) is 21.3. The average Bonchev–Trinajstić information content (AvgIpc) is 3.28. The highest BCUT2D eigenvalue weighted by Crippen LogP contribution is 2.34. The topological polar surface area (TPSA) is 85.4 Å². The lowest BCUT2D eigenvalue weighted by Crippen LogP contribution is -2.12. The average molecular weight is 428 g/mol. The van der Waals surface area contributed by atoms with Gasteiger partial charge in [0, 0.05) is 41.0 Å². The predicted octanol–water partition coefficient (Wildman–Crippen LogP) is 5.01. The number of nitrogens with one attached hydrogen (secondary N) is 2. The van der Waals surface area contributed by atoms with Crippen LogP contribution in [-0.2, 0) is 0 Å². The van der Waals surface area contributed by atoms with Crippen molar-refractivity contribution in [2.24, 2.45) is 0 Å². The molecule has 0 saturated carbocycles. The van der Waals surface area contributed by atoms with E-state index in [1.807, 2.05) is 6.07 Å². The number of aromatic nitrogens is 2. The number of ether oxygens (including phenoxy) is 2. The maximum Gasteiger partial charge on any atom is 0.255 e. The van der Waals surface area contributed by atoms with Crippen LogP contribution in [0.15, 0.2) is 79.1 Å². The maximum absolute atomic E-state index is 13.1. The Morgan fingerprint density at radius 2 is 1.62 bits per heavy atom. The van der Waals surface area contributed by atoms with Crippen LogP contribution in [0, 0.1) is 5.82 Å². The first-order chi connectivity index (χ1) is 15.6. The Hall–Kier alpha value is -4.46. The first kappa shape index (κ1) is 19.5. The largest absolute Gasteiger partial charge is 0.454 e. The molecule has 2 N–H and O–H groups in total. The number of rotatable bonds is 5. The number of benzene rings is 3. The lowest BCUT2D eigenvalue weighted by atomic mass is 10.1. The lowest BCUT2D eigenvalue weighted by Gasteiger charge is -2.09. The van der Waals surface area contributed by atoms with E-state index in [9.17, 15) is 9.18 Å². The third-order valence-corrected chi connectivity index (χ3v) is 4.84. The van der Waals surface area contributed by atoms with Crippen molar-refractivity contribution in [3.63, 3.8) is 0 Å². The van der Waals surface area contributed by atoms with Crippen molar-refractivity contribution >= 4 is 23.2 Å². The van der Waals surface area contributed by atoms with Gasteiger partial charge in [-0.1, -0.05) is 18.2 Å². The molecule has 8 heteroatoms. The van der Waals surface area contributed by atoms with Gasteiger partial charge >= 0.3 is 0 Å². The number of anilines is 3. The molecule has 1 aliphatic rings. The van der Waals surface area contributed by atoms with E-state index >= 15 is 0 Å². The monoisotopic (exact) mass is 428 g/mol. The van der Waals surface area contributed by atoms with Crippen molar-refractivity contribution < 1.29 is 18.7 Å². The number of hydrogen-bond acceptors (Lipinski definition) is 6. The molecule has 0 fully saturated rings. The molecule has 0 spiro atoms. The van der Waals surface area contributed by atoms with Gasteiger partial charge in [-0.2, -0.15) is 0 Å². The second kappa shape index (κ2) is 8.35. The smallest absolute Gasteiger partial charge is 0.255 e. The summed E-state index contributed by atoms with van der Waals surface area (Å²) in [6.07, 6.45) is 3.30. The number of fused-ring (bicyclic) bond motifs is 1. The van der Waals surface area contributed by atoms with Gasteiger partial charge in [-0.25, -0.2) is 14.4 Å². The maximum atomic E-state index is 13.1. The summed E-state index contributed by atoms with van der Waals surface area (Å²) in [5.74, 6) is 1.07. The van der Waals surface area contributed by atoms with Crippen LogP contribution in [0.1, 0.15) is 10.4 Å². The van der Waals surface area contributed by atoms with E-state index in [0.717, 1.165) is 11.1 Å². The SMILES string of the molecule is O=C(Nc1ccc2c(c1)OCO2)c1cccc(Nc2ncc(-c3ccc(F)cc3)cn2)c1. The molecule has 5 rings (SSSR count). The van der Waals surface area contributed by atoms with Crippen molar-refractivity contribution in [3.05, 3.63) is 90.5 Å². The highest BCUT2D eigenvalue weighted by molar-refractivity contribution is 6.05. The van der Waals surface area contributed by atoms with Gasteiger partial charge in [0.1, 0.15) is 5.82 Å². The standard InChI is InChI=1S/C24H17FN4O3/c25-18-6-4-15(5-7-18)17-12-26-24(27-13-17)29-19-3-1-2-16(10-19)23(30)28-20-8-9-21-22(11-20)32-14-31-21/h1-13H,14H2,(H,28,30)(H,26,27,29). The summed E-state index contributed by atoms with van der Waals surface area (Å²) >= 11 is 0. The van der Waals surface area contributed by atoms with Crippen LogP contribution in [0.3, 0.4) is 0 Å². The molecule has 1 amide bonds. The highest BCUT2D eigenvalue weighted by Gasteiger charge is 2.15. The van der Waals surface area contributed by atoms with E-state index in [4.69, 9.17) is 9.47 Å². The summed E-state index contributed by atoms with van der Waals surface area (Å²) in [7, 11) is 0. The van der Waals surface area contributed by atoms with E-state index in [1.165, 1.54) is 12.1 Å². The number of nitrogens with zero attached hydrogens (tertiary/aromatic N) is 2. The van der Waals surface area contributed by atoms with Gasteiger partial charge in [0.2, 0.25) is 12.7 Å². The van der Waals surface area contributed by atoms with Gasteiger partial charge in [0.15, 0.2) is 11.5 Å². The molecule has 0 aliphatic carbocycles. The number of carbonyl (C=O) groups is 1. The van der Waals surface area contributed by atoms with Crippen molar-refractivity contribution in [3.8, 4) is 22.6 Å². The van der Waals surface area contributed by atoms with Gasteiger partial charge in [-0.15, -0.1) is 0 Å². The van der Waals surface area contributed by atoms with Gasteiger partial charge in [-0.3, -0.25) is 4.79 Å². The summed E-state index contributed by atoms with van der Waals surface area (Å²) in [6.45, 7) is 0.174. The quantitative estimate of drug-likeness (QED) is 0.465. The Morgan fingerprint density at radius 3 is 2.44 bits per heavy atom. The first-order valence-corrected chi connectivity index (χ1v) is 9.80. The Labute approximate surface area is 182 Å². The summed E-state index contributed by atoms with van der Waals surface area (Å²) < 4.78 is 23.7. The fourth-order valence-electron chi connectivity index (χ4n) is 3.23. The minimum atomic E-state index is -0.296. The van der Waals surface area contributed by atoms with Gasteiger partial charge in [0.25, 0.3) is 5.91 Å². The molecule has 158 valence electrons. The fourth-order valence-corrected chi connectivity index (χ4v) is 3.23. The van der Waals surface area contributed by atoms with Crippen LogP contribution in [0.5, 0.6) is 11.5 Å².